The number of carbonyl (C=O) groups excluding carboxylic acids is 2. The van der Waals surface area contributed by atoms with Crippen LogP contribution in [0.5, 0.6) is 5.75 Å². The Kier molecular flexibility index (Phi) is 6.67. The Morgan fingerprint density at radius 3 is 2.62 bits per heavy atom. The van der Waals surface area contributed by atoms with Gasteiger partial charge in [0.2, 0.25) is 17.8 Å². The van der Waals surface area contributed by atoms with Crippen LogP contribution in [0.3, 0.4) is 0 Å². The van der Waals surface area contributed by atoms with E-state index in [9.17, 15) is 9.59 Å². The number of fused-ring (bicyclic) bond motifs is 1. The van der Waals surface area contributed by atoms with Crippen LogP contribution in [0.1, 0.15) is 56.9 Å². The van der Waals surface area contributed by atoms with Gasteiger partial charge < -0.3 is 15.4 Å². The molecule has 5 heterocycles. The molecule has 0 bridgehead atoms. The molecule has 1 atom stereocenters. The number of hydrogen-bond donors (Lipinski definition) is 2. The molecule has 0 aromatic carbocycles. The molecule has 10 nitrogen and oxygen atoms in total. The molecule has 196 valence electrons. The summed E-state index contributed by atoms with van der Waals surface area (Å²) in [7, 11) is 0. The number of amides is 2. The van der Waals surface area contributed by atoms with Crippen LogP contribution in [0.25, 0.3) is 0 Å². The molecule has 3 fully saturated rings. The summed E-state index contributed by atoms with van der Waals surface area (Å²) in [6.07, 6.45) is 12.2. The number of aromatic nitrogens is 3. The van der Waals surface area contributed by atoms with Gasteiger partial charge in [-0.15, -0.1) is 0 Å². The number of hydrogen-bond acceptors (Lipinski definition) is 8. The van der Waals surface area contributed by atoms with Gasteiger partial charge in [-0.2, -0.15) is 4.98 Å². The summed E-state index contributed by atoms with van der Waals surface area (Å²) in [6.45, 7) is 4.42. The molecular formula is C27H35N7O3. The fourth-order valence-electron chi connectivity index (χ4n) is 6.19. The third-order valence-electron chi connectivity index (χ3n) is 8.25. The van der Waals surface area contributed by atoms with Crippen LogP contribution in [0.2, 0.25) is 0 Å². The van der Waals surface area contributed by atoms with E-state index in [0.29, 0.717) is 43.6 Å². The highest BCUT2D eigenvalue weighted by Gasteiger charge is 2.56. The summed E-state index contributed by atoms with van der Waals surface area (Å²) in [5.41, 5.74) is -0.182. The number of likely N-dealkylation sites (tertiary alicyclic amines) is 1. The maximum atomic E-state index is 13.8. The number of carbonyl (C=O) groups is 2. The molecule has 1 saturated carbocycles. The van der Waals surface area contributed by atoms with E-state index in [4.69, 9.17) is 9.72 Å². The minimum Gasteiger partial charge on any atom is -0.491 e. The van der Waals surface area contributed by atoms with Crippen molar-refractivity contribution in [3.05, 3.63) is 30.1 Å². The van der Waals surface area contributed by atoms with Gasteiger partial charge in [-0.1, -0.05) is 19.3 Å². The van der Waals surface area contributed by atoms with E-state index in [-0.39, 0.29) is 17.9 Å². The highest BCUT2D eigenvalue weighted by atomic mass is 16.5. The fourth-order valence-corrected chi connectivity index (χ4v) is 6.19. The molecule has 10 heteroatoms. The van der Waals surface area contributed by atoms with Crippen LogP contribution in [0.15, 0.2) is 24.5 Å². The summed E-state index contributed by atoms with van der Waals surface area (Å²) < 4.78 is 5.89. The zero-order chi connectivity index (χ0) is 25.2. The highest BCUT2D eigenvalue weighted by molar-refractivity contribution is 6.14. The fraction of sp³-hybridized carbons (Fsp3) is 0.593. The number of anilines is 3. The van der Waals surface area contributed by atoms with Crippen molar-refractivity contribution in [3.63, 3.8) is 0 Å². The van der Waals surface area contributed by atoms with E-state index in [0.717, 1.165) is 56.6 Å². The summed E-state index contributed by atoms with van der Waals surface area (Å²) in [5.74, 6) is 2.05. The Labute approximate surface area is 217 Å². The van der Waals surface area contributed by atoms with Crippen molar-refractivity contribution in [2.24, 2.45) is 5.41 Å². The molecule has 1 unspecified atom stereocenters. The van der Waals surface area contributed by atoms with Gasteiger partial charge in [0.05, 0.1) is 6.20 Å². The van der Waals surface area contributed by atoms with Gasteiger partial charge in [0, 0.05) is 37.3 Å². The minimum absolute atomic E-state index is 0.0686. The molecular weight excluding hydrogens is 470 g/mol. The van der Waals surface area contributed by atoms with Crippen molar-refractivity contribution in [3.8, 4) is 5.75 Å². The van der Waals surface area contributed by atoms with Crippen LogP contribution in [0.4, 0.5) is 17.6 Å². The minimum atomic E-state index is -1.03. The van der Waals surface area contributed by atoms with Crippen LogP contribution in [-0.2, 0) is 16.0 Å². The maximum absolute atomic E-state index is 13.8. The van der Waals surface area contributed by atoms with E-state index in [1.54, 1.807) is 17.3 Å². The standard InChI is InChI=1S/C27H35N7O3/c35-24-27(10-11-28-24)16-19-17-30-26(32-23(19)34(25(27)36)20-6-2-3-7-20)31-22-9-8-21(18-29-22)37-15-14-33-12-4-1-5-13-33/h8-9,17-18,20H,1-7,10-16H2,(H,28,35)(H,29,30,31,32). The first-order valence-electron chi connectivity index (χ1n) is 13.7. The Morgan fingerprint density at radius 1 is 1.05 bits per heavy atom. The molecule has 3 aliphatic heterocycles. The van der Waals surface area contributed by atoms with Crippen LogP contribution >= 0.6 is 0 Å². The average molecular weight is 506 g/mol. The number of rotatable bonds is 7. The van der Waals surface area contributed by atoms with Crippen molar-refractivity contribution in [2.45, 2.75) is 63.8 Å². The van der Waals surface area contributed by atoms with Crippen molar-refractivity contribution < 1.29 is 14.3 Å². The third kappa shape index (κ3) is 4.74. The molecule has 2 aromatic heterocycles. The number of nitrogens with one attached hydrogen (secondary N) is 2. The highest BCUT2D eigenvalue weighted by Crippen LogP contribution is 2.44. The number of piperidine rings is 1. The van der Waals surface area contributed by atoms with Gasteiger partial charge in [-0.05, 0) is 57.3 Å². The van der Waals surface area contributed by atoms with Crippen molar-refractivity contribution in [1.82, 2.24) is 25.2 Å². The summed E-state index contributed by atoms with van der Waals surface area (Å²) in [5, 5.41) is 6.04. The molecule has 0 radical (unpaired) electrons. The topological polar surface area (TPSA) is 113 Å². The number of nitrogens with zero attached hydrogens (tertiary/aromatic N) is 5. The molecule has 1 spiro atoms. The van der Waals surface area contributed by atoms with E-state index < -0.39 is 5.41 Å². The summed E-state index contributed by atoms with van der Waals surface area (Å²) >= 11 is 0. The van der Waals surface area contributed by atoms with Crippen LogP contribution in [-0.4, -0.2) is 70.5 Å². The van der Waals surface area contributed by atoms with Gasteiger partial charge in [0.15, 0.2) is 0 Å². The van der Waals surface area contributed by atoms with Crippen molar-refractivity contribution >= 4 is 29.4 Å². The second kappa shape index (κ2) is 10.2. The van der Waals surface area contributed by atoms with Gasteiger partial charge >= 0.3 is 0 Å². The molecule has 4 aliphatic rings. The zero-order valence-electron chi connectivity index (χ0n) is 21.2. The van der Waals surface area contributed by atoms with Gasteiger partial charge in [0.1, 0.15) is 29.4 Å². The largest absolute Gasteiger partial charge is 0.491 e. The van der Waals surface area contributed by atoms with Crippen molar-refractivity contribution in [2.75, 3.05) is 43.0 Å². The Balaban J connectivity index is 1.16. The first-order valence-corrected chi connectivity index (χ1v) is 13.7. The quantitative estimate of drug-likeness (QED) is 0.553. The lowest BCUT2D eigenvalue weighted by Crippen LogP contribution is -2.56. The maximum Gasteiger partial charge on any atom is 0.244 e. The molecule has 1 aliphatic carbocycles. The Bertz CT molecular complexity index is 1150. The smallest absolute Gasteiger partial charge is 0.244 e. The molecule has 37 heavy (non-hydrogen) atoms. The van der Waals surface area contributed by atoms with Gasteiger partial charge in [0.25, 0.3) is 0 Å². The normalized spacial score (nSPS) is 24.4. The van der Waals surface area contributed by atoms with Crippen molar-refractivity contribution in [1.29, 1.82) is 0 Å². The Hall–Kier alpha value is -3.27. The zero-order valence-corrected chi connectivity index (χ0v) is 21.2. The lowest BCUT2D eigenvalue weighted by atomic mass is 9.76. The van der Waals surface area contributed by atoms with E-state index in [2.05, 4.69) is 25.5 Å². The first kappa shape index (κ1) is 24.1. The first-order chi connectivity index (χ1) is 18.1. The van der Waals surface area contributed by atoms with E-state index in [1.807, 2.05) is 12.1 Å². The molecule has 6 rings (SSSR count). The van der Waals surface area contributed by atoms with E-state index >= 15 is 0 Å². The van der Waals surface area contributed by atoms with Gasteiger partial charge in [-0.25, -0.2) is 9.97 Å². The third-order valence-corrected chi connectivity index (χ3v) is 8.25. The number of ether oxygens (including phenoxy) is 1. The lowest BCUT2D eigenvalue weighted by molar-refractivity contribution is -0.140. The summed E-state index contributed by atoms with van der Waals surface area (Å²) in [6, 6.07) is 3.80. The SMILES string of the molecule is O=C1NCCC12Cc1cnc(Nc3ccc(OCCN4CCCCC4)cn3)nc1N(C1CCCC1)C2=O. The predicted octanol–water partition coefficient (Wildman–Crippen LogP) is 2.82. The van der Waals surface area contributed by atoms with Crippen LogP contribution in [0, 0.1) is 5.41 Å². The molecule has 2 saturated heterocycles. The predicted molar refractivity (Wildman–Crippen MR) is 139 cm³/mol. The Morgan fingerprint density at radius 2 is 1.89 bits per heavy atom. The molecule has 2 N–H and O–H groups in total. The second-order valence-electron chi connectivity index (χ2n) is 10.7. The molecule has 2 amide bonds. The summed E-state index contributed by atoms with van der Waals surface area (Å²) in [4.78, 5) is 44.5. The second-order valence-corrected chi connectivity index (χ2v) is 10.7. The molecule has 2 aromatic rings. The lowest BCUT2D eigenvalue weighted by Gasteiger charge is -2.40. The van der Waals surface area contributed by atoms with Gasteiger partial charge in [-0.3, -0.25) is 19.4 Å². The van der Waals surface area contributed by atoms with Crippen LogP contribution < -0.4 is 20.3 Å². The average Bonchev–Trinajstić information content (AvgIpc) is 3.58. The monoisotopic (exact) mass is 505 g/mol. The number of pyridine rings is 1. The van der Waals surface area contributed by atoms with E-state index in [1.165, 1.54) is 19.3 Å².